The highest BCUT2D eigenvalue weighted by Crippen LogP contribution is 2.18. The quantitative estimate of drug-likeness (QED) is 0.761. The van der Waals surface area contributed by atoms with Crippen molar-refractivity contribution in [2.45, 2.75) is 52.6 Å². The maximum atomic E-state index is 12.5. The predicted octanol–water partition coefficient (Wildman–Crippen LogP) is 2.74. The van der Waals surface area contributed by atoms with Gasteiger partial charge in [-0.15, -0.1) is 0 Å². The molecule has 1 rings (SSSR count). The zero-order valence-electron chi connectivity index (χ0n) is 14.6. The highest BCUT2D eigenvalue weighted by Gasteiger charge is 2.27. The minimum Gasteiger partial charge on any atom is -0.497 e. The molecule has 5 nitrogen and oxygen atoms in total. The third kappa shape index (κ3) is 5.58. The van der Waals surface area contributed by atoms with Crippen LogP contribution in [0.15, 0.2) is 24.3 Å². The number of hydrogen-bond acceptors (Lipinski definition) is 3. The van der Waals surface area contributed by atoms with Gasteiger partial charge in [0.05, 0.1) is 7.11 Å². The van der Waals surface area contributed by atoms with Crippen LogP contribution in [0.1, 0.15) is 45.6 Å². The molecule has 23 heavy (non-hydrogen) atoms. The van der Waals surface area contributed by atoms with Crippen molar-refractivity contribution >= 4 is 11.8 Å². The van der Waals surface area contributed by atoms with E-state index < -0.39 is 6.04 Å². The Balaban J connectivity index is 3.03. The summed E-state index contributed by atoms with van der Waals surface area (Å²) in [6.07, 6.45) is 1.80. The monoisotopic (exact) mass is 320 g/mol. The molecule has 0 spiro atoms. The normalized spacial score (nSPS) is 11.7. The van der Waals surface area contributed by atoms with Gasteiger partial charge >= 0.3 is 0 Å². The summed E-state index contributed by atoms with van der Waals surface area (Å²) in [6, 6.07) is 7.16. The molecule has 1 unspecified atom stereocenters. The van der Waals surface area contributed by atoms with Crippen molar-refractivity contribution in [3.8, 4) is 5.75 Å². The van der Waals surface area contributed by atoms with E-state index in [2.05, 4.69) is 5.32 Å². The Kier molecular flexibility index (Phi) is 8.16. The SMILES string of the molecule is CCCC(=O)N(Cc1cccc(OC)c1)C(CC)C(=O)NCC. The van der Waals surface area contributed by atoms with Gasteiger partial charge in [0.15, 0.2) is 0 Å². The molecule has 1 aromatic carbocycles. The number of amides is 2. The van der Waals surface area contributed by atoms with Crippen molar-refractivity contribution in [2.24, 2.45) is 0 Å². The molecule has 128 valence electrons. The van der Waals surface area contributed by atoms with Crippen molar-refractivity contribution in [1.82, 2.24) is 10.2 Å². The van der Waals surface area contributed by atoms with Crippen molar-refractivity contribution in [3.63, 3.8) is 0 Å². The molecule has 0 aliphatic rings. The van der Waals surface area contributed by atoms with Crippen LogP contribution in [0.2, 0.25) is 0 Å². The number of methoxy groups -OCH3 is 1. The maximum absolute atomic E-state index is 12.5. The van der Waals surface area contributed by atoms with Crippen LogP contribution in [-0.2, 0) is 16.1 Å². The summed E-state index contributed by atoms with van der Waals surface area (Å²) in [5, 5.41) is 2.82. The third-order valence-electron chi connectivity index (χ3n) is 3.69. The predicted molar refractivity (Wildman–Crippen MR) is 91.2 cm³/mol. The van der Waals surface area contributed by atoms with E-state index in [1.807, 2.05) is 45.0 Å². The fourth-order valence-corrected chi connectivity index (χ4v) is 2.54. The van der Waals surface area contributed by atoms with E-state index >= 15 is 0 Å². The summed E-state index contributed by atoms with van der Waals surface area (Å²) in [5.74, 6) is 0.659. The summed E-state index contributed by atoms with van der Waals surface area (Å²) in [4.78, 5) is 26.5. The van der Waals surface area contributed by atoms with Crippen LogP contribution >= 0.6 is 0 Å². The molecule has 1 atom stereocenters. The lowest BCUT2D eigenvalue weighted by Gasteiger charge is -2.30. The minimum absolute atomic E-state index is 0.00780. The Morgan fingerprint density at radius 3 is 2.57 bits per heavy atom. The van der Waals surface area contributed by atoms with E-state index in [0.29, 0.717) is 25.9 Å². The van der Waals surface area contributed by atoms with E-state index in [-0.39, 0.29) is 11.8 Å². The second-order valence-corrected chi connectivity index (χ2v) is 5.44. The summed E-state index contributed by atoms with van der Waals surface area (Å²) < 4.78 is 5.23. The van der Waals surface area contributed by atoms with Gasteiger partial charge in [0.1, 0.15) is 11.8 Å². The molecule has 1 N–H and O–H groups in total. The lowest BCUT2D eigenvalue weighted by atomic mass is 10.1. The van der Waals surface area contributed by atoms with E-state index in [4.69, 9.17) is 4.74 Å². The molecule has 0 saturated carbocycles. The van der Waals surface area contributed by atoms with Gasteiger partial charge < -0.3 is 15.0 Å². The Labute approximate surface area is 139 Å². The largest absolute Gasteiger partial charge is 0.497 e. The number of rotatable bonds is 9. The Hall–Kier alpha value is -2.04. The first kappa shape index (κ1) is 19.0. The first-order valence-electron chi connectivity index (χ1n) is 8.27. The first-order chi connectivity index (χ1) is 11.1. The summed E-state index contributed by atoms with van der Waals surface area (Å²) in [6.45, 7) is 6.74. The van der Waals surface area contributed by atoms with E-state index in [9.17, 15) is 9.59 Å². The number of ether oxygens (including phenoxy) is 1. The van der Waals surface area contributed by atoms with Gasteiger partial charge in [-0.05, 0) is 37.5 Å². The van der Waals surface area contributed by atoms with Crippen molar-refractivity contribution < 1.29 is 14.3 Å². The van der Waals surface area contributed by atoms with Crippen molar-refractivity contribution in [3.05, 3.63) is 29.8 Å². The second-order valence-electron chi connectivity index (χ2n) is 5.44. The van der Waals surface area contributed by atoms with Crippen molar-refractivity contribution in [2.75, 3.05) is 13.7 Å². The molecule has 0 aromatic heterocycles. The molecule has 0 saturated heterocycles. The van der Waals surface area contributed by atoms with Gasteiger partial charge in [-0.2, -0.15) is 0 Å². The highest BCUT2D eigenvalue weighted by molar-refractivity contribution is 5.87. The molecule has 0 aliphatic carbocycles. The van der Waals surface area contributed by atoms with Gasteiger partial charge in [-0.3, -0.25) is 9.59 Å². The van der Waals surface area contributed by atoms with Crippen LogP contribution in [0.5, 0.6) is 5.75 Å². The average molecular weight is 320 g/mol. The molecule has 1 aromatic rings. The highest BCUT2D eigenvalue weighted by atomic mass is 16.5. The standard InChI is InChI=1S/C18H28N2O3/c1-5-9-17(21)20(16(6-2)18(22)19-7-3)13-14-10-8-11-15(12-14)23-4/h8,10-12,16H,5-7,9,13H2,1-4H3,(H,19,22). The number of benzene rings is 1. The van der Waals surface area contributed by atoms with Crippen LogP contribution in [0.4, 0.5) is 0 Å². The van der Waals surface area contributed by atoms with Crippen LogP contribution in [0, 0.1) is 0 Å². The maximum Gasteiger partial charge on any atom is 0.242 e. The minimum atomic E-state index is -0.444. The Morgan fingerprint density at radius 2 is 2.00 bits per heavy atom. The van der Waals surface area contributed by atoms with Crippen LogP contribution in [0.3, 0.4) is 0 Å². The summed E-state index contributed by atoms with van der Waals surface area (Å²) in [5.41, 5.74) is 0.955. The lowest BCUT2D eigenvalue weighted by molar-refractivity contribution is -0.141. The number of nitrogens with one attached hydrogen (secondary N) is 1. The summed E-state index contributed by atoms with van der Waals surface area (Å²) in [7, 11) is 1.61. The van der Waals surface area contributed by atoms with Crippen LogP contribution in [-0.4, -0.2) is 36.4 Å². The van der Waals surface area contributed by atoms with Crippen molar-refractivity contribution in [1.29, 1.82) is 0 Å². The van der Waals surface area contributed by atoms with Crippen LogP contribution < -0.4 is 10.1 Å². The van der Waals surface area contributed by atoms with Crippen LogP contribution in [0.25, 0.3) is 0 Å². The zero-order valence-corrected chi connectivity index (χ0v) is 14.6. The van der Waals surface area contributed by atoms with E-state index in [0.717, 1.165) is 17.7 Å². The van der Waals surface area contributed by atoms with E-state index in [1.54, 1.807) is 12.0 Å². The summed E-state index contributed by atoms with van der Waals surface area (Å²) >= 11 is 0. The molecule has 5 heteroatoms. The Bertz CT molecular complexity index is 517. The molecule has 0 bridgehead atoms. The third-order valence-corrected chi connectivity index (χ3v) is 3.69. The molecule has 0 radical (unpaired) electrons. The number of carbonyl (C=O) groups excluding carboxylic acids is 2. The zero-order chi connectivity index (χ0) is 17.2. The molecule has 0 aliphatic heterocycles. The van der Waals surface area contributed by atoms with E-state index in [1.165, 1.54) is 0 Å². The molecule has 2 amide bonds. The lowest BCUT2D eigenvalue weighted by Crippen LogP contribution is -2.48. The molecular weight excluding hydrogens is 292 g/mol. The smallest absolute Gasteiger partial charge is 0.242 e. The number of hydrogen-bond donors (Lipinski definition) is 1. The number of nitrogens with zero attached hydrogens (tertiary/aromatic N) is 1. The fourth-order valence-electron chi connectivity index (χ4n) is 2.54. The molecule has 0 heterocycles. The fraction of sp³-hybridized carbons (Fsp3) is 0.556. The average Bonchev–Trinajstić information content (AvgIpc) is 2.55. The second kappa shape index (κ2) is 9.87. The van der Waals surface area contributed by atoms with Gasteiger partial charge in [-0.1, -0.05) is 26.0 Å². The first-order valence-corrected chi connectivity index (χ1v) is 8.27. The van der Waals surface area contributed by atoms with Gasteiger partial charge in [0.2, 0.25) is 11.8 Å². The van der Waals surface area contributed by atoms with Gasteiger partial charge in [0.25, 0.3) is 0 Å². The molecular formula is C18H28N2O3. The Morgan fingerprint density at radius 1 is 1.26 bits per heavy atom. The van der Waals surface area contributed by atoms with Gasteiger partial charge in [0, 0.05) is 19.5 Å². The molecule has 0 fully saturated rings. The number of likely N-dealkylation sites (N-methyl/N-ethyl adjacent to an activating group) is 1. The number of carbonyl (C=O) groups is 2. The topological polar surface area (TPSA) is 58.6 Å². The van der Waals surface area contributed by atoms with Gasteiger partial charge in [-0.25, -0.2) is 0 Å².